The molecule has 0 unspecified atom stereocenters. The highest BCUT2D eigenvalue weighted by Gasteiger charge is 2.39. The number of rotatable bonds is 5. The maximum Gasteiger partial charge on any atom is 0.254 e. The quantitative estimate of drug-likeness (QED) is 0.853. The average molecular weight is 366 g/mol. The monoisotopic (exact) mass is 366 g/mol. The number of amides is 2. The summed E-state index contributed by atoms with van der Waals surface area (Å²) in [5.74, 6) is -0.436. The van der Waals surface area contributed by atoms with E-state index in [0.717, 1.165) is 5.56 Å². The molecular formula is C22H26N2O3. The van der Waals surface area contributed by atoms with Crippen LogP contribution in [0.25, 0.3) is 0 Å². The van der Waals surface area contributed by atoms with Crippen molar-refractivity contribution < 1.29 is 14.7 Å². The van der Waals surface area contributed by atoms with Gasteiger partial charge in [0.25, 0.3) is 5.91 Å². The largest absolute Gasteiger partial charge is 0.391 e. The highest BCUT2D eigenvalue weighted by molar-refractivity contribution is 5.98. The minimum atomic E-state index is -0.680. The zero-order valence-electron chi connectivity index (χ0n) is 15.8. The first kappa shape index (κ1) is 19.1. The van der Waals surface area contributed by atoms with E-state index in [-0.39, 0.29) is 30.8 Å². The molecule has 3 rings (SSSR count). The second-order valence-corrected chi connectivity index (χ2v) is 7.33. The third-order valence-electron chi connectivity index (χ3n) is 4.91. The molecular weight excluding hydrogens is 340 g/mol. The number of nitrogens with zero attached hydrogens (tertiary/aromatic N) is 1. The van der Waals surface area contributed by atoms with Crippen LogP contribution in [0.2, 0.25) is 0 Å². The molecule has 2 aromatic rings. The molecule has 0 spiro atoms. The van der Waals surface area contributed by atoms with Gasteiger partial charge in [-0.15, -0.1) is 0 Å². The van der Waals surface area contributed by atoms with Crippen LogP contribution in [-0.4, -0.2) is 46.6 Å². The van der Waals surface area contributed by atoms with Crippen LogP contribution in [0.4, 0.5) is 0 Å². The Kier molecular flexibility index (Phi) is 5.91. The predicted molar refractivity (Wildman–Crippen MR) is 104 cm³/mol. The van der Waals surface area contributed by atoms with E-state index in [0.29, 0.717) is 12.0 Å². The summed E-state index contributed by atoms with van der Waals surface area (Å²) in [6.07, 6.45) is 0.302. The van der Waals surface area contributed by atoms with Crippen molar-refractivity contribution in [1.29, 1.82) is 0 Å². The first-order chi connectivity index (χ1) is 12.9. The number of aryl methyl sites for hydroxylation is 1. The van der Waals surface area contributed by atoms with Gasteiger partial charge in [-0.1, -0.05) is 48.0 Å². The van der Waals surface area contributed by atoms with Crippen LogP contribution in [0.3, 0.4) is 0 Å². The van der Waals surface area contributed by atoms with Gasteiger partial charge in [-0.3, -0.25) is 9.59 Å². The number of hydrogen-bond acceptors (Lipinski definition) is 3. The molecule has 3 atom stereocenters. The van der Waals surface area contributed by atoms with Crippen molar-refractivity contribution >= 4 is 11.8 Å². The van der Waals surface area contributed by atoms with Gasteiger partial charge in [-0.25, -0.2) is 0 Å². The van der Waals surface area contributed by atoms with Gasteiger partial charge >= 0.3 is 0 Å². The smallest absolute Gasteiger partial charge is 0.254 e. The summed E-state index contributed by atoms with van der Waals surface area (Å²) in [4.78, 5) is 27.0. The first-order valence-electron chi connectivity index (χ1n) is 9.34. The van der Waals surface area contributed by atoms with Crippen LogP contribution >= 0.6 is 0 Å². The third kappa shape index (κ3) is 4.74. The zero-order chi connectivity index (χ0) is 19.4. The summed E-state index contributed by atoms with van der Waals surface area (Å²) in [6, 6.07) is 16.4. The molecule has 0 aromatic heterocycles. The van der Waals surface area contributed by atoms with E-state index in [1.54, 1.807) is 24.3 Å². The number of carbonyl (C=O) groups is 2. The van der Waals surface area contributed by atoms with E-state index < -0.39 is 12.1 Å². The fraction of sp³-hybridized carbons (Fsp3) is 0.364. The summed E-state index contributed by atoms with van der Waals surface area (Å²) in [7, 11) is 0. The SMILES string of the molecule is Cc1ccc(C[C@H](C)NC(=O)[C@@H]2C[C@@H](O)CN2C(=O)c2ccccc2)cc1. The van der Waals surface area contributed by atoms with Crippen molar-refractivity contribution in [2.24, 2.45) is 0 Å². The maximum absolute atomic E-state index is 12.8. The van der Waals surface area contributed by atoms with Crippen LogP contribution in [0.15, 0.2) is 54.6 Å². The number of nitrogens with one attached hydrogen (secondary N) is 1. The molecule has 1 aliphatic rings. The fourth-order valence-electron chi connectivity index (χ4n) is 3.50. The van der Waals surface area contributed by atoms with Gasteiger partial charge in [-0.05, 0) is 38.0 Å². The van der Waals surface area contributed by atoms with Crippen molar-refractivity contribution in [3.8, 4) is 0 Å². The van der Waals surface area contributed by atoms with Crippen molar-refractivity contribution in [3.63, 3.8) is 0 Å². The standard InChI is InChI=1S/C22H26N2O3/c1-15-8-10-17(11-9-15)12-16(2)23-21(26)20-13-19(25)14-24(20)22(27)18-6-4-3-5-7-18/h3-11,16,19-20,25H,12-14H2,1-2H3,(H,23,26)/t16-,19+,20-/m0/s1. The van der Waals surface area contributed by atoms with Gasteiger partial charge in [-0.2, -0.15) is 0 Å². The van der Waals surface area contributed by atoms with Crippen LogP contribution in [-0.2, 0) is 11.2 Å². The van der Waals surface area contributed by atoms with Gasteiger partial charge in [0.2, 0.25) is 5.91 Å². The highest BCUT2D eigenvalue weighted by Crippen LogP contribution is 2.21. The summed E-state index contributed by atoms with van der Waals surface area (Å²) in [5.41, 5.74) is 2.87. The van der Waals surface area contributed by atoms with Crippen molar-refractivity contribution in [2.75, 3.05) is 6.54 Å². The molecule has 2 amide bonds. The number of benzene rings is 2. The van der Waals surface area contributed by atoms with E-state index in [1.807, 2.05) is 19.9 Å². The van der Waals surface area contributed by atoms with Crippen molar-refractivity contribution in [1.82, 2.24) is 10.2 Å². The molecule has 5 nitrogen and oxygen atoms in total. The molecule has 1 fully saturated rings. The Labute approximate surface area is 160 Å². The van der Waals surface area contributed by atoms with Gasteiger partial charge < -0.3 is 15.3 Å². The summed E-state index contributed by atoms with van der Waals surface area (Å²) in [5, 5.41) is 13.0. The maximum atomic E-state index is 12.8. The highest BCUT2D eigenvalue weighted by atomic mass is 16.3. The Morgan fingerprint density at radius 1 is 1.15 bits per heavy atom. The van der Waals surface area contributed by atoms with Crippen molar-refractivity contribution in [3.05, 3.63) is 71.3 Å². The molecule has 0 saturated carbocycles. The summed E-state index contributed by atoms with van der Waals surface area (Å²) < 4.78 is 0. The molecule has 27 heavy (non-hydrogen) atoms. The van der Waals surface area contributed by atoms with Crippen LogP contribution < -0.4 is 5.32 Å². The van der Waals surface area contributed by atoms with Crippen LogP contribution in [0.5, 0.6) is 0 Å². The van der Waals surface area contributed by atoms with E-state index in [1.165, 1.54) is 10.5 Å². The Balaban J connectivity index is 1.65. The van der Waals surface area contributed by atoms with Crippen LogP contribution in [0.1, 0.15) is 34.8 Å². The molecule has 142 valence electrons. The number of β-amino-alcohol motifs (C(OH)–C–C–N with tert-alkyl or cyclic N) is 1. The number of carbonyl (C=O) groups excluding carboxylic acids is 2. The van der Waals surface area contributed by atoms with Gasteiger partial charge in [0.1, 0.15) is 6.04 Å². The van der Waals surface area contributed by atoms with E-state index in [2.05, 4.69) is 29.6 Å². The predicted octanol–water partition coefficient (Wildman–Crippen LogP) is 2.32. The minimum Gasteiger partial charge on any atom is -0.391 e. The van der Waals surface area contributed by atoms with Gasteiger partial charge in [0.05, 0.1) is 6.10 Å². The van der Waals surface area contributed by atoms with Crippen molar-refractivity contribution in [2.45, 2.75) is 44.9 Å². The number of aliphatic hydroxyl groups excluding tert-OH is 1. The normalized spacial score (nSPS) is 20.3. The Hall–Kier alpha value is -2.66. The topological polar surface area (TPSA) is 69.6 Å². The Bertz CT molecular complexity index is 789. The molecule has 0 bridgehead atoms. The third-order valence-corrected chi connectivity index (χ3v) is 4.91. The molecule has 0 aliphatic carbocycles. The Morgan fingerprint density at radius 3 is 2.48 bits per heavy atom. The minimum absolute atomic E-state index is 0.0633. The molecule has 5 heteroatoms. The second kappa shape index (κ2) is 8.35. The average Bonchev–Trinajstić information content (AvgIpc) is 3.05. The molecule has 2 aromatic carbocycles. The lowest BCUT2D eigenvalue weighted by molar-refractivity contribution is -0.125. The van der Waals surface area contributed by atoms with E-state index >= 15 is 0 Å². The summed E-state index contributed by atoms with van der Waals surface area (Å²) in [6.45, 7) is 4.17. The molecule has 0 radical (unpaired) electrons. The second-order valence-electron chi connectivity index (χ2n) is 7.33. The van der Waals surface area contributed by atoms with E-state index in [4.69, 9.17) is 0 Å². The number of aliphatic hydroxyl groups is 1. The van der Waals surface area contributed by atoms with Crippen LogP contribution in [0, 0.1) is 6.92 Å². The lowest BCUT2D eigenvalue weighted by atomic mass is 10.0. The lowest BCUT2D eigenvalue weighted by Crippen LogP contribution is -2.48. The summed E-state index contributed by atoms with van der Waals surface area (Å²) >= 11 is 0. The van der Waals surface area contributed by atoms with E-state index in [9.17, 15) is 14.7 Å². The first-order valence-corrected chi connectivity index (χ1v) is 9.34. The zero-order valence-corrected chi connectivity index (χ0v) is 15.8. The number of likely N-dealkylation sites (tertiary alicyclic amines) is 1. The molecule has 1 heterocycles. The molecule has 2 N–H and O–H groups in total. The fourth-order valence-corrected chi connectivity index (χ4v) is 3.50. The lowest BCUT2D eigenvalue weighted by Gasteiger charge is -2.25. The molecule has 1 aliphatic heterocycles. The number of hydrogen-bond donors (Lipinski definition) is 2. The van der Waals surface area contributed by atoms with Gasteiger partial charge in [0.15, 0.2) is 0 Å². The Morgan fingerprint density at radius 2 is 1.81 bits per heavy atom. The molecule has 1 saturated heterocycles. The van der Waals surface area contributed by atoms with Gasteiger partial charge in [0, 0.05) is 24.6 Å².